The Bertz CT molecular complexity index is 928. The van der Waals surface area contributed by atoms with E-state index in [2.05, 4.69) is 6.07 Å². The third-order valence-electron chi connectivity index (χ3n) is 4.81. The molecule has 0 spiro atoms. The molecule has 0 amide bonds. The number of carbonyl (C=O) groups is 1. The van der Waals surface area contributed by atoms with Crippen molar-refractivity contribution in [3.63, 3.8) is 0 Å². The smallest absolute Gasteiger partial charge is 0.179 e. The van der Waals surface area contributed by atoms with Crippen LogP contribution >= 0.6 is 11.3 Å². The van der Waals surface area contributed by atoms with Crippen LogP contribution < -0.4 is 0 Å². The van der Waals surface area contributed by atoms with E-state index in [0.29, 0.717) is 23.1 Å². The lowest BCUT2D eigenvalue weighted by molar-refractivity contribution is 0.0196. The number of Topliss-reactive ketones (excluding diaryl/α,β-unsaturated/α-hetero) is 1. The number of hydrogen-bond acceptors (Lipinski definition) is 4. The van der Waals surface area contributed by atoms with E-state index in [1.54, 1.807) is 0 Å². The second-order valence-corrected chi connectivity index (χ2v) is 7.60. The van der Waals surface area contributed by atoms with Gasteiger partial charge in [0.15, 0.2) is 5.78 Å². The Kier molecular flexibility index (Phi) is 3.66. The summed E-state index contributed by atoms with van der Waals surface area (Å²) in [6.07, 6.45) is 1.88. The van der Waals surface area contributed by atoms with Crippen LogP contribution in [0.2, 0.25) is 0 Å². The van der Waals surface area contributed by atoms with Crippen LogP contribution in [-0.2, 0) is 12.8 Å². The molecule has 2 N–H and O–H groups in total. The molecular weight excluding hydrogens is 320 g/mol. The van der Waals surface area contributed by atoms with Gasteiger partial charge in [-0.3, -0.25) is 4.79 Å². The van der Waals surface area contributed by atoms with E-state index in [0.717, 1.165) is 16.7 Å². The van der Waals surface area contributed by atoms with Crippen molar-refractivity contribution in [1.29, 1.82) is 0 Å². The SMILES string of the molecule is O=C(C[C@]1(O)CCc2ccccc2C1)c1sc2ccccc2c1O. The van der Waals surface area contributed by atoms with Crippen molar-refractivity contribution in [2.24, 2.45) is 0 Å². The number of carbonyl (C=O) groups excluding carboxylic acids is 1. The number of aryl methyl sites for hydroxylation is 1. The highest BCUT2D eigenvalue weighted by Gasteiger charge is 2.35. The summed E-state index contributed by atoms with van der Waals surface area (Å²) in [7, 11) is 0. The van der Waals surface area contributed by atoms with E-state index in [-0.39, 0.29) is 18.0 Å². The first-order valence-electron chi connectivity index (χ1n) is 8.09. The number of fused-ring (bicyclic) bond motifs is 2. The van der Waals surface area contributed by atoms with E-state index < -0.39 is 5.60 Å². The van der Waals surface area contributed by atoms with Gasteiger partial charge < -0.3 is 10.2 Å². The zero-order valence-corrected chi connectivity index (χ0v) is 14.0. The monoisotopic (exact) mass is 338 g/mol. The quantitative estimate of drug-likeness (QED) is 0.707. The third-order valence-corrected chi connectivity index (χ3v) is 6.01. The van der Waals surface area contributed by atoms with E-state index in [1.165, 1.54) is 16.9 Å². The van der Waals surface area contributed by atoms with Gasteiger partial charge in [0, 0.05) is 22.9 Å². The number of aromatic hydroxyl groups is 1. The van der Waals surface area contributed by atoms with Crippen LogP contribution in [0, 0.1) is 0 Å². The zero-order chi connectivity index (χ0) is 16.7. The minimum atomic E-state index is -1.03. The molecule has 0 saturated carbocycles. The molecule has 0 radical (unpaired) electrons. The van der Waals surface area contributed by atoms with Gasteiger partial charge in [-0.15, -0.1) is 11.3 Å². The van der Waals surface area contributed by atoms with Crippen LogP contribution in [0.4, 0.5) is 0 Å². The van der Waals surface area contributed by atoms with Crippen LogP contribution in [0.15, 0.2) is 48.5 Å². The molecule has 0 saturated heterocycles. The summed E-state index contributed by atoms with van der Waals surface area (Å²) < 4.78 is 0.888. The molecule has 0 bridgehead atoms. The summed E-state index contributed by atoms with van der Waals surface area (Å²) >= 11 is 1.29. The molecule has 1 aliphatic carbocycles. The second-order valence-electron chi connectivity index (χ2n) is 6.55. The van der Waals surface area contributed by atoms with Crippen molar-refractivity contribution in [1.82, 2.24) is 0 Å². The Labute approximate surface area is 144 Å². The number of thiophene rings is 1. The largest absolute Gasteiger partial charge is 0.506 e. The summed E-state index contributed by atoms with van der Waals surface area (Å²) in [6, 6.07) is 15.5. The molecule has 1 atom stereocenters. The fraction of sp³-hybridized carbons (Fsp3) is 0.250. The lowest BCUT2D eigenvalue weighted by atomic mass is 9.77. The highest BCUT2D eigenvalue weighted by molar-refractivity contribution is 7.21. The lowest BCUT2D eigenvalue weighted by Gasteiger charge is -2.33. The first-order valence-corrected chi connectivity index (χ1v) is 8.90. The molecule has 0 aliphatic heterocycles. The van der Waals surface area contributed by atoms with Crippen LogP contribution in [0.3, 0.4) is 0 Å². The van der Waals surface area contributed by atoms with Gasteiger partial charge in [0.25, 0.3) is 0 Å². The molecule has 1 aliphatic rings. The van der Waals surface area contributed by atoms with Crippen molar-refractivity contribution in [2.45, 2.75) is 31.3 Å². The maximum atomic E-state index is 12.7. The Morgan fingerprint density at radius 3 is 2.58 bits per heavy atom. The maximum absolute atomic E-state index is 12.7. The predicted molar refractivity (Wildman–Crippen MR) is 95.9 cm³/mol. The van der Waals surface area contributed by atoms with Crippen LogP contribution in [0.1, 0.15) is 33.6 Å². The van der Waals surface area contributed by atoms with Crippen LogP contribution in [-0.4, -0.2) is 21.6 Å². The molecule has 4 rings (SSSR count). The van der Waals surface area contributed by atoms with Gasteiger partial charge in [-0.2, -0.15) is 0 Å². The highest BCUT2D eigenvalue weighted by Crippen LogP contribution is 2.39. The zero-order valence-electron chi connectivity index (χ0n) is 13.2. The van der Waals surface area contributed by atoms with Gasteiger partial charge in [-0.05, 0) is 36.1 Å². The molecule has 2 aromatic carbocycles. The molecule has 1 heterocycles. The third kappa shape index (κ3) is 2.62. The molecule has 4 heteroatoms. The number of benzene rings is 2. The van der Waals surface area contributed by atoms with Gasteiger partial charge in [0.05, 0.1) is 5.60 Å². The highest BCUT2D eigenvalue weighted by atomic mass is 32.1. The van der Waals surface area contributed by atoms with Crippen molar-refractivity contribution in [3.8, 4) is 5.75 Å². The average Bonchev–Trinajstić information content (AvgIpc) is 2.92. The minimum absolute atomic E-state index is 0.0420. The fourth-order valence-electron chi connectivity index (χ4n) is 3.53. The van der Waals surface area contributed by atoms with Gasteiger partial charge in [0.1, 0.15) is 10.6 Å². The Morgan fingerprint density at radius 1 is 1.08 bits per heavy atom. The summed E-state index contributed by atoms with van der Waals surface area (Å²) in [5.74, 6) is -0.143. The van der Waals surface area contributed by atoms with E-state index in [1.807, 2.05) is 42.5 Å². The Morgan fingerprint density at radius 2 is 1.79 bits per heavy atom. The second kappa shape index (κ2) is 5.72. The normalized spacial score (nSPS) is 20.0. The molecule has 0 fully saturated rings. The number of rotatable bonds is 3. The molecule has 3 nitrogen and oxygen atoms in total. The van der Waals surface area contributed by atoms with E-state index >= 15 is 0 Å². The standard InChI is InChI=1S/C20H18O3S/c21-16(19-18(22)15-7-3-4-8-17(15)24-19)12-20(23)10-9-13-5-1-2-6-14(13)11-20/h1-8,22-23H,9-12H2/t20-/m0/s1. The summed E-state index contributed by atoms with van der Waals surface area (Å²) in [6.45, 7) is 0. The number of hydrogen-bond donors (Lipinski definition) is 2. The van der Waals surface area contributed by atoms with Crippen LogP contribution in [0.25, 0.3) is 10.1 Å². The van der Waals surface area contributed by atoms with Gasteiger partial charge in [0.2, 0.25) is 0 Å². The number of aliphatic hydroxyl groups is 1. The molecule has 122 valence electrons. The first-order chi connectivity index (χ1) is 11.6. The van der Waals surface area contributed by atoms with Crippen molar-refractivity contribution >= 4 is 27.2 Å². The summed E-state index contributed by atoms with van der Waals surface area (Å²) in [5, 5.41) is 22.0. The number of ketones is 1. The lowest BCUT2D eigenvalue weighted by Crippen LogP contribution is -2.38. The molecule has 24 heavy (non-hydrogen) atoms. The summed E-state index contributed by atoms with van der Waals surface area (Å²) in [4.78, 5) is 13.1. The minimum Gasteiger partial charge on any atom is -0.506 e. The maximum Gasteiger partial charge on any atom is 0.179 e. The summed E-state index contributed by atoms with van der Waals surface area (Å²) in [5.41, 5.74) is 1.33. The molecule has 3 aromatic rings. The van der Waals surface area contributed by atoms with Gasteiger partial charge >= 0.3 is 0 Å². The van der Waals surface area contributed by atoms with Crippen molar-refractivity contribution in [2.75, 3.05) is 0 Å². The van der Waals surface area contributed by atoms with E-state index in [9.17, 15) is 15.0 Å². The predicted octanol–water partition coefficient (Wildman–Crippen LogP) is 4.10. The average molecular weight is 338 g/mol. The first kappa shape index (κ1) is 15.4. The molecule has 1 aromatic heterocycles. The molecule has 0 unspecified atom stereocenters. The van der Waals surface area contributed by atoms with Gasteiger partial charge in [-0.25, -0.2) is 0 Å². The molecular formula is C20H18O3S. The fourth-order valence-corrected chi connectivity index (χ4v) is 4.57. The Hall–Kier alpha value is -2.17. The van der Waals surface area contributed by atoms with Crippen molar-refractivity contribution < 1.29 is 15.0 Å². The van der Waals surface area contributed by atoms with Crippen LogP contribution in [0.5, 0.6) is 5.75 Å². The Balaban J connectivity index is 1.60. The topological polar surface area (TPSA) is 57.5 Å². The van der Waals surface area contributed by atoms with Crippen molar-refractivity contribution in [3.05, 3.63) is 64.5 Å². The van der Waals surface area contributed by atoms with E-state index in [4.69, 9.17) is 0 Å². The van der Waals surface area contributed by atoms with Gasteiger partial charge in [-0.1, -0.05) is 36.4 Å².